The smallest absolute Gasteiger partial charge is 0.161 e. The number of nitrogens with one attached hydrogen (secondary N) is 1. The molecule has 4 heteroatoms. The third-order valence-corrected chi connectivity index (χ3v) is 5.69. The Bertz CT molecular complexity index is 1050. The summed E-state index contributed by atoms with van der Waals surface area (Å²) >= 11 is 0. The summed E-state index contributed by atoms with van der Waals surface area (Å²) in [6.07, 6.45) is 2.08. The first kappa shape index (κ1) is 17.4. The molecule has 1 aliphatic rings. The molecule has 1 saturated heterocycles. The number of carbonyl (C=O) groups is 1. The number of piperidine rings is 1. The third kappa shape index (κ3) is 3.10. The van der Waals surface area contributed by atoms with Gasteiger partial charge < -0.3 is 9.88 Å². The molecule has 0 radical (unpaired) electrons. The van der Waals surface area contributed by atoms with Crippen LogP contribution in [0.5, 0.6) is 0 Å². The van der Waals surface area contributed by atoms with Crippen LogP contribution in [0.4, 0.5) is 5.69 Å². The van der Waals surface area contributed by atoms with Crippen LogP contribution in [0.25, 0.3) is 10.9 Å². The van der Waals surface area contributed by atoms with E-state index < -0.39 is 0 Å². The molecule has 1 aromatic heterocycles. The summed E-state index contributed by atoms with van der Waals surface area (Å²) in [5.74, 6) is 0.557. The van der Waals surface area contributed by atoms with Gasteiger partial charge in [-0.15, -0.1) is 0 Å². The van der Waals surface area contributed by atoms with Crippen LogP contribution < -0.4 is 4.90 Å². The molecule has 0 amide bonds. The molecule has 0 aliphatic carbocycles. The van der Waals surface area contributed by atoms with Gasteiger partial charge in [0.2, 0.25) is 0 Å². The Kier molecular flexibility index (Phi) is 4.45. The first-order chi connectivity index (χ1) is 13.1. The van der Waals surface area contributed by atoms with Crippen molar-refractivity contribution >= 4 is 22.4 Å². The van der Waals surface area contributed by atoms with Crippen molar-refractivity contribution in [2.24, 2.45) is 0 Å². The largest absolute Gasteiger partial charge is 0.371 e. The Morgan fingerprint density at radius 1 is 1.19 bits per heavy atom. The zero-order valence-corrected chi connectivity index (χ0v) is 15.7. The first-order valence-corrected chi connectivity index (χ1v) is 9.45. The van der Waals surface area contributed by atoms with E-state index in [0.717, 1.165) is 31.6 Å². The third-order valence-electron chi connectivity index (χ3n) is 5.69. The number of hydrogen-bond acceptors (Lipinski definition) is 3. The number of ketones is 1. The van der Waals surface area contributed by atoms with E-state index >= 15 is 0 Å². The summed E-state index contributed by atoms with van der Waals surface area (Å²) < 4.78 is 0. The number of rotatable bonds is 3. The van der Waals surface area contributed by atoms with Crippen LogP contribution in [-0.4, -0.2) is 23.9 Å². The van der Waals surface area contributed by atoms with Crippen LogP contribution in [0.1, 0.15) is 52.9 Å². The number of nitriles is 1. The van der Waals surface area contributed by atoms with Crippen LogP contribution >= 0.6 is 0 Å². The molecule has 0 unspecified atom stereocenters. The fourth-order valence-corrected chi connectivity index (χ4v) is 4.39. The molecule has 0 atom stereocenters. The summed E-state index contributed by atoms with van der Waals surface area (Å²) in [5.41, 5.74) is 6.09. The van der Waals surface area contributed by atoms with E-state index in [-0.39, 0.29) is 5.78 Å². The molecule has 136 valence electrons. The molecule has 4 rings (SSSR count). The fraction of sp³-hybridized carbons (Fsp3) is 0.304. The van der Waals surface area contributed by atoms with Gasteiger partial charge in [0.25, 0.3) is 0 Å². The number of hydrogen-bond donors (Lipinski definition) is 1. The first-order valence-electron chi connectivity index (χ1n) is 9.45. The molecule has 0 bridgehead atoms. The highest BCUT2D eigenvalue weighted by Gasteiger charge is 2.26. The van der Waals surface area contributed by atoms with Gasteiger partial charge in [-0.1, -0.05) is 18.2 Å². The molecule has 1 aliphatic heterocycles. The number of aromatic nitrogens is 1. The van der Waals surface area contributed by atoms with Gasteiger partial charge in [-0.05, 0) is 62.4 Å². The van der Waals surface area contributed by atoms with E-state index in [1.54, 1.807) is 19.1 Å². The van der Waals surface area contributed by atoms with Crippen molar-refractivity contribution in [3.63, 3.8) is 0 Å². The lowest BCUT2D eigenvalue weighted by atomic mass is 9.87. The molecular formula is C23H23N3O. The quantitative estimate of drug-likeness (QED) is 0.676. The number of aromatic amines is 1. The van der Waals surface area contributed by atoms with Gasteiger partial charge in [-0.25, -0.2) is 0 Å². The van der Waals surface area contributed by atoms with Crippen molar-refractivity contribution in [2.75, 3.05) is 18.0 Å². The number of Topliss-reactive ketones (excluding diaryl/α,β-unsaturated/α-hetero) is 1. The molecule has 2 heterocycles. The Labute approximate surface area is 159 Å². The lowest BCUT2D eigenvalue weighted by Crippen LogP contribution is -2.34. The minimum Gasteiger partial charge on any atom is -0.371 e. The average molecular weight is 357 g/mol. The molecule has 1 N–H and O–H groups in total. The van der Waals surface area contributed by atoms with E-state index in [9.17, 15) is 10.1 Å². The van der Waals surface area contributed by atoms with Gasteiger partial charge in [-0.2, -0.15) is 5.26 Å². The minimum absolute atomic E-state index is 0.0455. The number of H-pyrrole nitrogens is 1. The van der Waals surface area contributed by atoms with Gasteiger partial charge in [-0.3, -0.25) is 4.79 Å². The van der Waals surface area contributed by atoms with E-state index in [0.29, 0.717) is 17.0 Å². The maximum atomic E-state index is 12.0. The van der Waals surface area contributed by atoms with Gasteiger partial charge in [0.15, 0.2) is 5.78 Å². The predicted molar refractivity (Wildman–Crippen MR) is 108 cm³/mol. The Hall–Kier alpha value is -3.06. The number of nitrogens with zero attached hydrogens (tertiary/aromatic N) is 2. The number of aryl methyl sites for hydroxylation is 1. The average Bonchev–Trinajstić information content (AvgIpc) is 3.03. The standard InChI is InChI=1S/C23H23N3O/c1-15-23(20-5-3-4-6-21(20)25-15)18-9-11-26(12-10-18)22-13-17(14-24)7-8-19(22)16(2)27/h3-8,13,18,25H,9-12H2,1-2H3. The molecule has 0 spiro atoms. The highest BCUT2D eigenvalue weighted by atomic mass is 16.1. The Morgan fingerprint density at radius 3 is 2.63 bits per heavy atom. The SMILES string of the molecule is CC(=O)c1ccc(C#N)cc1N1CCC(c2c(C)[nH]c3ccccc23)CC1. The molecule has 2 aromatic carbocycles. The topological polar surface area (TPSA) is 59.9 Å². The fourth-order valence-electron chi connectivity index (χ4n) is 4.39. The van der Waals surface area contributed by atoms with Crippen molar-refractivity contribution in [2.45, 2.75) is 32.6 Å². The molecule has 4 nitrogen and oxygen atoms in total. The lowest BCUT2D eigenvalue weighted by Gasteiger charge is -2.35. The number of para-hydroxylation sites is 1. The molecule has 3 aromatic rings. The van der Waals surface area contributed by atoms with E-state index in [2.05, 4.69) is 47.1 Å². The van der Waals surface area contributed by atoms with Crippen LogP contribution in [-0.2, 0) is 0 Å². The van der Waals surface area contributed by atoms with Crippen molar-refractivity contribution in [3.8, 4) is 6.07 Å². The van der Waals surface area contributed by atoms with Crippen molar-refractivity contribution in [3.05, 3.63) is 64.8 Å². The van der Waals surface area contributed by atoms with Gasteiger partial charge >= 0.3 is 0 Å². The van der Waals surface area contributed by atoms with Crippen LogP contribution in [0, 0.1) is 18.3 Å². The van der Waals surface area contributed by atoms with Gasteiger partial charge in [0.05, 0.1) is 11.6 Å². The molecule has 0 saturated carbocycles. The van der Waals surface area contributed by atoms with Gasteiger partial charge in [0, 0.05) is 40.9 Å². The number of anilines is 1. The Balaban J connectivity index is 1.60. The summed E-state index contributed by atoms with van der Waals surface area (Å²) in [7, 11) is 0. The van der Waals surface area contributed by atoms with Crippen LogP contribution in [0.2, 0.25) is 0 Å². The summed E-state index contributed by atoms with van der Waals surface area (Å²) in [4.78, 5) is 17.8. The number of carbonyl (C=O) groups excluding carboxylic acids is 1. The second-order valence-corrected chi connectivity index (χ2v) is 7.37. The van der Waals surface area contributed by atoms with Crippen molar-refractivity contribution in [1.29, 1.82) is 5.26 Å². The van der Waals surface area contributed by atoms with Crippen molar-refractivity contribution < 1.29 is 4.79 Å². The normalized spacial score (nSPS) is 15.1. The maximum absolute atomic E-state index is 12.0. The van der Waals surface area contributed by atoms with Gasteiger partial charge in [0.1, 0.15) is 0 Å². The highest BCUT2D eigenvalue weighted by molar-refractivity contribution is 6.00. The Morgan fingerprint density at radius 2 is 1.93 bits per heavy atom. The minimum atomic E-state index is 0.0455. The second kappa shape index (κ2) is 6.92. The maximum Gasteiger partial charge on any atom is 0.161 e. The van der Waals surface area contributed by atoms with Crippen molar-refractivity contribution in [1.82, 2.24) is 4.98 Å². The summed E-state index contributed by atoms with van der Waals surface area (Å²) in [6, 6.07) is 16.0. The zero-order chi connectivity index (χ0) is 19.0. The second-order valence-electron chi connectivity index (χ2n) is 7.37. The zero-order valence-electron chi connectivity index (χ0n) is 15.7. The predicted octanol–water partition coefficient (Wildman–Crippen LogP) is 4.93. The lowest BCUT2D eigenvalue weighted by molar-refractivity contribution is 0.101. The van der Waals surface area contributed by atoms with E-state index in [1.165, 1.54) is 22.2 Å². The summed E-state index contributed by atoms with van der Waals surface area (Å²) in [5, 5.41) is 10.6. The monoisotopic (exact) mass is 357 g/mol. The number of fused-ring (bicyclic) bond motifs is 1. The van der Waals surface area contributed by atoms with Crippen LogP contribution in [0.3, 0.4) is 0 Å². The highest BCUT2D eigenvalue weighted by Crippen LogP contribution is 2.37. The van der Waals surface area contributed by atoms with Crippen LogP contribution in [0.15, 0.2) is 42.5 Å². The molecule has 27 heavy (non-hydrogen) atoms. The van der Waals surface area contributed by atoms with E-state index in [1.807, 2.05) is 6.07 Å². The molecule has 1 fully saturated rings. The number of benzene rings is 2. The molecular weight excluding hydrogens is 334 g/mol. The van der Waals surface area contributed by atoms with E-state index in [4.69, 9.17) is 0 Å². The summed E-state index contributed by atoms with van der Waals surface area (Å²) in [6.45, 7) is 5.52.